The van der Waals surface area contributed by atoms with Gasteiger partial charge < -0.3 is 9.84 Å². The van der Waals surface area contributed by atoms with Crippen molar-refractivity contribution in [3.8, 4) is 5.75 Å². The molecule has 1 aromatic carbocycles. The molecule has 0 amide bonds. The lowest BCUT2D eigenvalue weighted by atomic mass is 10.1. The van der Waals surface area contributed by atoms with Crippen LogP contribution < -0.4 is 4.74 Å². The number of benzene rings is 1. The van der Waals surface area contributed by atoms with E-state index < -0.39 is 6.10 Å². The van der Waals surface area contributed by atoms with Crippen molar-refractivity contribution in [2.24, 2.45) is 0 Å². The van der Waals surface area contributed by atoms with Crippen LogP contribution in [0.2, 0.25) is 0 Å². The Hall–Kier alpha value is -1.28. The minimum absolute atomic E-state index is 0.328. The maximum absolute atomic E-state index is 9.09. The second-order valence-corrected chi connectivity index (χ2v) is 3.26. The van der Waals surface area contributed by atoms with E-state index in [1.54, 1.807) is 6.92 Å². The summed E-state index contributed by atoms with van der Waals surface area (Å²) in [5, 5.41) is 9.09. The zero-order valence-corrected chi connectivity index (χ0v) is 8.44. The van der Waals surface area contributed by atoms with Gasteiger partial charge in [0.05, 0.1) is 6.10 Å². The lowest BCUT2D eigenvalue weighted by molar-refractivity contribution is 0.122. The van der Waals surface area contributed by atoms with Crippen LogP contribution in [0.1, 0.15) is 12.5 Å². The second-order valence-electron chi connectivity index (χ2n) is 3.26. The van der Waals surface area contributed by atoms with Crippen molar-refractivity contribution in [1.29, 1.82) is 0 Å². The monoisotopic (exact) mass is 192 g/mol. The highest BCUT2D eigenvalue weighted by Crippen LogP contribution is 2.18. The summed E-state index contributed by atoms with van der Waals surface area (Å²) >= 11 is 0. The van der Waals surface area contributed by atoms with Crippen molar-refractivity contribution in [3.05, 3.63) is 42.5 Å². The highest BCUT2D eigenvalue weighted by molar-refractivity contribution is 5.34. The first-order chi connectivity index (χ1) is 6.74. The van der Waals surface area contributed by atoms with Gasteiger partial charge in [-0.25, -0.2) is 0 Å². The average Bonchev–Trinajstić information content (AvgIpc) is 2.17. The van der Waals surface area contributed by atoms with Crippen LogP contribution in [0.4, 0.5) is 0 Å². The fourth-order valence-electron chi connectivity index (χ4n) is 1.18. The molecule has 1 rings (SSSR count). The topological polar surface area (TPSA) is 29.5 Å². The van der Waals surface area contributed by atoms with Crippen LogP contribution >= 0.6 is 0 Å². The minimum atomic E-state index is -0.438. The summed E-state index contributed by atoms with van der Waals surface area (Å²) in [5.74, 6) is 0.827. The van der Waals surface area contributed by atoms with Crippen LogP contribution in [-0.4, -0.2) is 17.8 Å². The van der Waals surface area contributed by atoms with E-state index in [1.807, 2.05) is 30.3 Å². The van der Waals surface area contributed by atoms with E-state index in [1.165, 1.54) is 0 Å². The first-order valence-corrected chi connectivity index (χ1v) is 4.73. The number of para-hydroxylation sites is 1. The van der Waals surface area contributed by atoms with E-state index in [0.717, 1.165) is 17.7 Å². The average molecular weight is 192 g/mol. The van der Waals surface area contributed by atoms with Crippen LogP contribution in [0.5, 0.6) is 5.75 Å². The van der Waals surface area contributed by atoms with E-state index in [-0.39, 0.29) is 0 Å². The molecule has 0 aromatic heterocycles. The van der Waals surface area contributed by atoms with Gasteiger partial charge in [0.2, 0.25) is 0 Å². The Morgan fingerprint density at radius 3 is 2.86 bits per heavy atom. The predicted octanol–water partition coefficient (Wildman–Crippen LogP) is 2.17. The molecule has 1 N–H and O–H groups in total. The molecule has 0 aliphatic rings. The van der Waals surface area contributed by atoms with E-state index >= 15 is 0 Å². The van der Waals surface area contributed by atoms with E-state index in [2.05, 4.69) is 6.58 Å². The van der Waals surface area contributed by atoms with Gasteiger partial charge in [-0.05, 0) is 25.0 Å². The summed E-state index contributed by atoms with van der Waals surface area (Å²) in [6, 6.07) is 7.79. The number of aliphatic hydroxyl groups excluding tert-OH is 1. The molecule has 1 atom stereocenters. The second kappa shape index (κ2) is 5.45. The predicted molar refractivity (Wildman–Crippen MR) is 57.5 cm³/mol. The summed E-state index contributed by atoms with van der Waals surface area (Å²) in [7, 11) is 0. The lowest BCUT2D eigenvalue weighted by Crippen LogP contribution is -2.13. The summed E-state index contributed by atoms with van der Waals surface area (Å²) in [6.45, 7) is 5.72. The SMILES string of the molecule is C=CCc1ccccc1OCC(C)O. The minimum Gasteiger partial charge on any atom is -0.491 e. The fraction of sp³-hybridized carbons (Fsp3) is 0.333. The van der Waals surface area contributed by atoms with Crippen molar-refractivity contribution in [2.75, 3.05) is 6.61 Å². The zero-order valence-electron chi connectivity index (χ0n) is 8.44. The Labute approximate surface area is 84.8 Å². The third kappa shape index (κ3) is 3.23. The van der Waals surface area contributed by atoms with Crippen molar-refractivity contribution >= 4 is 0 Å². The van der Waals surface area contributed by atoms with Gasteiger partial charge in [-0.2, -0.15) is 0 Å². The van der Waals surface area contributed by atoms with Crippen molar-refractivity contribution < 1.29 is 9.84 Å². The van der Waals surface area contributed by atoms with Crippen LogP contribution in [-0.2, 0) is 6.42 Å². The summed E-state index contributed by atoms with van der Waals surface area (Å²) in [6.07, 6.45) is 2.19. The fourth-order valence-corrected chi connectivity index (χ4v) is 1.18. The molecule has 2 heteroatoms. The van der Waals surface area contributed by atoms with Gasteiger partial charge in [-0.15, -0.1) is 6.58 Å². The van der Waals surface area contributed by atoms with Gasteiger partial charge in [0.15, 0.2) is 0 Å². The molecule has 0 radical (unpaired) electrons. The Bertz CT molecular complexity index is 292. The molecule has 14 heavy (non-hydrogen) atoms. The molecule has 0 aliphatic carbocycles. The Morgan fingerprint density at radius 1 is 1.50 bits per heavy atom. The molecule has 1 aromatic rings. The lowest BCUT2D eigenvalue weighted by Gasteiger charge is -2.11. The summed E-state index contributed by atoms with van der Waals surface area (Å²) in [5.41, 5.74) is 1.10. The maximum Gasteiger partial charge on any atom is 0.122 e. The van der Waals surface area contributed by atoms with Gasteiger partial charge in [-0.1, -0.05) is 24.3 Å². The zero-order chi connectivity index (χ0) is 10.4. The first kappa shape index (κ1) is 10.8. The molecule has 0 spiro atoms. The number of rotatable bonds is 5. The van der Waals surface area contributed by atoms with Gasteiger partial charge in [0, 0.05) is 0 Å². The highest BCUT2D eigenvalue weighted by atomic mass is 16.5. The van der Waals surface area contributed by atoms with Crippen LogP contribution in [0.3, 0.4) is 0 Å². The van der Waals surface area contributed by atoms with Crippen LogP contribution in [0.25, 0.3) is 0 Å². The molecule has 0 heterocycles. The maximum atomic E-state index is 9.09. The molecule has 1 unspecified atom stereocenters. The molecular formula is C12H16O2. The molecule has 0 bridgehead atoms. The third-order valence-electron chi connectivity index (χ3n) is 1.82. The first-order valence-electron chi connectivity index (χ1n) is 4.73. The van der Waals surface area contributed by atoms with E-state index in [4.69, 9.17) is 9.84 Å². The van der Waals surface area contributed by atoms with Gasteiger partial charge >= 0.3 is 0 Å². The van der Waals surface area contributed by atoms with Gasteiger partial charge in [0.25, 0.3) is 0 Å². The number of allylic oxidation sites excluding steroid dienone is 1. The quantitative estimate of drug-likeness (QED) is 0.724. The van der Waals surface area contributed by atoms with Crippen LogP contribution in [0.15, 0.2) is 36.9 Å². The van der Waals surface area contributed by atoms with Gasteiger partial charge in [0.1, 0.15) is 12.4 Å². The largest absolute Gasteiger partial charge is 0.491 e. The molecule has 0 fully saturated rings. The standard InChI is InChI=1S/C12H16O2/c1-3-6-11-7-4-5-8-12(11)14-9-10(2)13/h3-5,7-8,10,13H,1,6,9H2,2H3. The molecule has 2 nitrogen and oxygen atoms in total. The number of hydrogen-bond acceptors (Lipinski definition) is 2. The Kier molecular flexibility index (Phi) is 4.20. The number of ether oxygens (including phenoxy) is 1. The number of aliphatic hydroxyl groups is 1. The molecule has 0 saturated carbocycles. The molecule has 0 saturated heterocycles. The molecular weight excluding hydrogens is 176 g/mol. The van der Waals surface area contributed by atoms with E-state index in [0.29, 0.717) is 6.61 Å². The highest BCUT2D eigenvalue weighted by Gasteiger charge is 2.02. The third-order valence-corrected chi connectivity index (χ3v) is 1.82. The van der Waals surface area contributed by atoms with E-state index in [9.17, 15) is 0 Å². The molecule has 0 aliphatic heterocycles. The number of hydrogen-bond donors (Lipinski definition) is 1. The molecule has 76 valence electrons. The normalized spacial score (nSPS) is 12.1. The Balaban J connectivity index is 2.68. The van der Waals surface area contributed by atoms with Crippen molar-refractivity contribution in [1.82, 2.24) is 0 Å². The van der Waals surface area contributed by atoms with Crippen molar-refractivity contribution in [2.45, 2.75) is 19.4 Å². The van der Waals surface area contributed by atoms with Crippen LogP contribution in [0, 0.1) is 0 Å². The summed E-state index contributed by atoms with van der Waals surface area (Å²) in [4.78, 5) is 0. The smallest absolute Gasteiger partial charge is 0.122 e. The Morgan fingerprint density at radius 2 is 2.21 bits per heavy atom. The van der Waals surface area contributed by atoms with Gasteiger partial charge in [-0.3, -0.25) is 0 Å². The summed E-state index contributed by atoms with van der Waals surface area (Å²) < 4.78 is 5.45. The van der Waals surface area contributed by atoms with Crippen molar-refractivity contribution in [3.63, 3.8) is 0 Å².